The third kappa shape index (κ3) is 4.62. The van der Waals surface area contributed by atoms with E-state index in [2.05, 4.69) is 44.1 Å². The molecule has 5 rings (SSSR count). The number of carbonyl (C=O) groups excluding carboxylic acids is 1. The molecule has 7 heteroatoms. The summed E-state index contributed by atoms with van der Waals surface area (Å²) in [6.45, 7) is 5.79. The van der Waals surface area contributed by atoms with Crippen LogP contribution in [0.1, 0.15) is 53.5 Å². The van der Waals surface area contributed by atoms with Gasteiger partial charge in [-0.3, -0.25) is 14.6 Å². The Morgan fingerprint density at radius 2 is 1.94 bits per heavy atom. The van der Waals surface area contributed by atoms with Gasteiger partial charge >= 0.3 is 0 Å². The maximum atomic E-state index is 13.2. The van der Waals surface area contributed by atoms with Crippen LogP contribution in [0.5, 0.6) is 0 Å². The van der Waals surface area contributed by atoms with Crippen molar-refractivity contribution in [1.29, 1.82) is 0 Å². The van der Waals surface area contributed by atoms with E-state index in [9.17, 15) is 4.79 Å². The Labute approximate surface area is 193 Å². The molecule has 2 aromatic heterocycles. The number of rotatable bonds is 6. The number of hydrogen-bond donors (Lipinski definition) is 1. The fraction of sp³-hybridized carbons (Fsp3) is 0.625. The average Bonchev–Trinajstić information content (AvgIpc) is 3.51. The molecule has 1 amide bonds. The number of morpholine rings is 1. The molecule has 1 N–H and O–H groups in total. The van der Waals surface area contributed by atoms with Crippen molar-refractivity contribution >= 4 is 28.6 Å². The van der Waals surface area contributed by atoms with E-state index in [-0.39, 0.29) is 17.5 Å². The second-order valence-corrected chi connectivity index (χ2v) is 11.1. The van der Waals surface area contributed by atoms with Crippen LogP contribution >= 0.6 is 22.7 Å². The summed E-state index contributed by atoms with van der Waals surface area (Å²) in [5, 5.41) is 7.71. The van der Waals surface area contributed by atoms with Crippen molar-refractivity contribution in [3.8, 4) is 0 Å². The Kier molecular flexibility index (Phi) is 6.76. The lowest BCUT2D eigenvalue weighted by atomic mass is 9.79. The lowest BCUT2D eigenvalue weighted by molar-refractivity contribution is -0.124. The van der Waals surface area contributed by atoms with E-state index in [1.54, 1.807) is 11.3 Å². The first-order valence-electron chi connectivity index (χ1n) is 11.7. The van der Waals surface area contributed by atoms with E-state index in [0.717, 1.165) is 45.8 Å². The summed E-state index contributed by atoms with van der Waals surface area (Å²) in [6.07, 6.45) is 7.26. The highest BCUT2D eigenvalue weighted by Crippen LogP contribution is 2.39. The first-order chi connectivity index (χ1) is 15.3. The van der Waals surface area contributed by atoms with Gasteiger partial charge in [0.2, 0.25) is 5.91 Å². The maximum absolute atomic E-state index is 13.2. The molecule has 31 heavy (non-hydrogen) atoms. The number of ether oxygens (including phenoxy) is 1. The van der Waals surface area contributed by atoms with Gasteiger partial charge in [0.25, 0.3) is 0 Å². The summed E-state index contributed by atoms with van der Waals surface area (Å²) in [7, 11) is 0. The van der Waals surface area contributed by atoms with Gasteiger partial charge in [-0.15, -0.1) is 22.7 Å². The monoisotopic (exact) mass is 459 g/mol. The van der Waals surface area contributed by atoms with Crippen molar-refractivity contribution in [3.05, 3.63) is 44.3 Å². The largest absolute Gasteiger partial charge is 0.379 e. The minimum absolute atomic E-state index is 0.118. The minimum Gasteiger partial charge on any atom is -0.379 e. The van der Waals surface area contributed by atoms with Crippen LogP contribution in [-0.2, 0) is 16.0 Å². The number of thiophene rings is 2. The van der Waals surface area contributed by atoms with Gasteiger partial charge < -0.3 is 10.1 Å². The highest BCUT2D eigenvalue weighted by Gasteiger charge is 2.39. The van der Waals surface area contributed by atoms with Gasteiger partial charge in [-0.1, -0.05) is 25.3 Å². The Morgan fingerprint density at radius 1 is 1.10 bits per heavy atom. The first kappa shape index (κ1) is 21.6. The Bertz CT molecular complexity index is 854. The molecule has 1 saturated carbocycles. The maximum Gasteiger partial charge on any atom is 0.234 e. The number of amides is 1. The summed E-state index contributed by atoms with van der Waals surface area (Å²) in [5.41, 5.74) is 1.51. The minimum atomic E-state index is 0.118. The molecule has 2 aromatic rings. The van der Waals surface area contributed by atoms with E-state index in [1.807, 2.05) is 11.3 Å². The molecular formula is C24H33N3O2S2. The van der Waals surface area contributed by atoms with Crippen molar-refractivity contribution in [1.82, 2.24) is 15.1 Å². The van der Waals surface area contributed by atoms with E-state index in [4.69, 9.17) is 4.74 Å². The molecule has 0 spiro atoms. The van der Waals surface area contributed by atoms with Crippen LogP contribution in [0.25, 0.3) is 0 Å². The number of carbonyl (C=O) groups is 1. The lowest BCUT2D eigenvalue weighted by Gasteiger charge is -2.48. The highest BCUT2D eigenvalue weighted by molar-refractivity contribution is 7.10. The van der Waals surface area contributed by atoms with Crippen LogP contribution in [0.4, 0.5) is 0 Å². The molecule has 1 atom stereocenters. The Hall–Kier alpha value is -1.25. The van der Waals surface area contributed by atoms with E-state index in [0.29, 0.717) is 6.54 Å². The predicted molar refractivity (Wildman–Crippen MR) is 127 cm³/mol. The summed E-state index contributed by atoms with van der Waals surface area (Å²) < 4.78 is 5.60. The second kappa shape index (κ2) is 9.71. The zero-order valence-electron chi connectivity index (χ0n) is 18.2. The molecule has 0 radical (unpaired) electrons. The lowest BCUT2D eigenvalue weighted by Crippen LogP contribution is -2.60. The quantitative estimate of drug-likeness (QED) is 0.711. The third-order valence-electron chi connectivity index (χ3n) is 7.31. The second-order valence-electron chi connectivity index (χ2n) is 9.10. The van der Waals surface area contributed by atoms with Gasteiger partial charge in [-0.05, 0) is 47.7 Å². The van der Waals surface area contributed by atoms with Crippen LogP contribution in [-0.4, -0.2) is 67.2 Å². The molecule has 168 valence electrons. The average molecular weight is 460 g/mol. The molecule has 4 heterocycles. The van der Waals surface area contributed by atoms with Crippen LogP contribution < -0.4 is 5.32 Å². The number of nitrogens with zero attached hydrogens (tertiary/aromatic N) is 2. The Morgan fingerprint density at radius 3 is 2.71 bits per heavy atom. The number of hydrogen-bond acceptors (Lipinski definition) is 6. The smallest absolute Gasteiger partial charge is 0.234 e. The summed E-state index contributed by atoms with van der Waals surface area (Å²) in [6, 6.07) is 6.80. The zero-order chi connectivity index (χ0) is 21.1. The van der Waals surface area contributed by atoms with Gasteiger partial charge in [0.05, 0.1) is 25.8 Å². The zero-order valence-corrected chi connectivity index (χ0v) is 19.8. The molecule has 1 saturated heterocycles. The summed E-state index contributed by atoms with van der Waals surface area (Å²) in [5.74, 6) is 0.165. The van der Waals surface area contributed by atoms with Crippen molar-refractivity contribution in [3.63, 3.8) is 0 Å². The van der Waals surface area contributed by atoms with Crippen molar-refractivity contribution in [2.75, 3.05) is 45.9 Å². The first-order valence-corrected chi connectivity index (χ1v) is 13.4. The molecule has 0 aromatic carbocycles. The van der Waals surface area contributed by atoms with Crippen molar-refractivity contribution in [2.45, 2.75) is 50.1 Å². The van der Waals surface area contributed by atoms with Gasteiger partial charge in [-0.25, -0.2) is 0 Å². The molecule has 5 nitrogen and oxygen atoms in total. The molecule has 2 fully saturated rings. The number of fused-ring (bicyclic) bond motifs is 1. The van der Waals surface area contributed by atoms with E-state index in [1.165, 1.54) is 47.4 Å². The van der Waals surface area contributed by atoms with Crippen LogP contribution in [0.2, 0.25) is 0 Å². The van der Waals surface area contributed by atoms with E-state index < -0.39 is 0 Å². The van der Waals surface area contributed by atoms with Gasteiger partial charge in [-0.2, -0.15) is 0 Å². The Balaban J connectivity index is 1.26. The predicted octanol–water partition coefficient (Wildman–Crippen LogP) is 3.91. The highest BCUT2D eigenvalue weighted by atomic mass is 32.1. The summed E-state index contributed by atoms with van der Waals surface area (Å²) in [4.78, 5) is 20.9. The normalized spacial score (nSPS) is 24.6. The van der Waals surface area contributed by atoms with Gasteiger partial charge in [0.15, 0.2) is 0 Å². The molecular weight excluding hydrogens is 426 g/mol. The van der Waals surface area contributed by atoms with Crippen LogP contribution in [0.15, 0.2) is 29.0 Å². The third-order valence-corrected chi connectivity index (χ3v) is 9.23. The fourth-order valence-corrected chi connectivity index (χ4v) is 7.45. The van der Waals surface area contributed by atoms with Gasteiger partial charge in [0, 0.05) is 41.5 Å². The number of nitrogens with one attached hydrogen (secondary N) is 1. The topological polar surface area (TPSA) is 44.8 Å². The molecule has 3 aliphatic rings. The van der Waals surface area contributed by atoms with Crippen molar-refractivity contribution < 1.29 is 9.53 Å². The molecule has 1 unspecified atom stereocenters. The molecule has 1 aliphatic carbocycles. The SMILES string of the molecule is O=C(CN1CCc2sccc2C1c1cccs1)NCC1(N2CCOCC2)CCCCC1. The van der Waals surface area contributed by atoms with Crippen LogP contribution in [0, 0.1) is 0 Å². The molecule has 2 aliphatic heterocycles. The standard InChI is InChI=1S/C24H33N3O2S2/c28-22(25-18-24(8-2-1-3-9-24)27-11-13-29-14-12-27)17-26-10-6-20-19(7-16-31-20)23(26)21-5-4-15-30-21/h4-5,7,15-16,23H,1-3,6,8-14,17-18H2,(H,25,28). The van der Waals surface area contributed by atoms with Crippen molar-refractivity contribution in [2.24, 2.45) is 0 Å². The van der Waals surface area contributed by atoms with E-state index >= 15 is 0 Å². The fourth-order valence-electron chi connectivity index (χ4n) is 5.67. The summed E-state index contributed by atoms with van der Waals surface area (Å²) >= 11 is 3.65. The van der Waals surface area contributed by atoms with Crippen LogP contribution in [0.3, 0.4) is 0 Å². The molecule has 0 bridgehead atoms. The van der Waals surface area contributed by atoms with Gasteiger partial charge in [0.1, 0.15) is 0 Å².